The number of hydrogen-bond donors (Lipinski definition) is 0. The third-order valence-corrected chi connectivity index (χ3v) is 32.9. The van der Waals surface area contributed by atoms with Crippen molar-refractivity contribution >= 4 is 23.2 Å². The molecule has 0 saturated carbocycles. The van der Waals surface area contributed by atoms with Gasteiger partial charge in [-0.25, -0.2) is 0 Å². The first-order valence-electron chi connectivity index (χ1n) is 6.86. The summed E-state index contributed by atoms with van der Waals surface area (Å²) in [4.78, 5) is 0. The minimum Gasteiger partial charge on any atom is -0.143 e. The maximum absolute atomic E-state index is 2.46. The first-order chi connectivity index (χ1) is 7.07. The molecule has 0 amide bonds. The van der Waals surface area contributed by atoms with E-state index in [1.54, 1.807) is 0 Å². The predicted molar refractivity (Wildman–Crippen MR) is 82.7 cm³/mol. The van der Waals surface area contributed by atoms with Crippen molar-refractivity contribution in [1.29, 1.82) is 0 Å². The van der Waals surface area contributed by atoms with Crippen molar-refractivity contribution in [1.82, 2.24) is 0 Å². The van der Waals surface area contributed by atoms with Crippen LogP contribution in [0.2, 0.25) is 36.3 Å². The van der Waals surface area contributed by atoms with Crippen LogP contribution in [0.3, 0.4) is 0 Å². The van der Waals surface area contributed by atoms with Gasteiger partial charge in [0.25, 0.3) is 0 Å². The van der Waals surface area contributed by atoms with E-state index in [0.29, 0.717) is 0 Å². The lowest BCUT2D eigenvalue weighted by molar-refractivity contribution is 1.21. The van der Waals surface area contributed by atoms with Crippen LogP contribution in [0.5, 0.6) is 0 Å². The minimum atomic E-state index is -0.826. The Bertz CT molecular complexity index is 128. The Balaban J connectivity index is 4.74. The molecule has 0 fully saturated rings. The largest absolute Gasteiger partial charge is 0.143 e. The molecular formula is C12H31PSi2. The molecule has 0 spiro atoms. The van der Waals surface area contributed by atoms with Crippen molar-refractivity contribution in [3.63, 3.8) is 0 Å². The lowest BCUT2D eigenvalue weighted by Gasteiger charge is -2.39. The van der Waals surface area contributed by atoms with Gasteiger partial charge in [-0.15, -0.1) is 7.68 Å². The van der Waals surface area contributed by atoms with Crippen LogP contribution < -0.4 is 0 Å². The standard InChI is InChI=1S/C12H31PSi2/c1-7-14(8-2,9-3)13-15(10-4,11-5)12-6/h13H,7-12H2,1-6H3. The average Bonchev–Trinajstić information content (AvgIpc) is 2.33. The third-order valence-electron chi connectivity index (χ3n) is 4.59. The van der Waals surface area contributed by atoms with Gasteiger partial charge in [-0.2, -0.15) is 0 Å². The SMILES string of the molecule is CC[Si](CC)(CC)P[Si](CC)(CC)CC. The van der Waals surface area contributed by atoms with Crippen LogP contribution in [-0.4, -0.2) is 15.5 Å². The highest BCUT2D eigenvalue weighted by atomic mass is 31.6. The third kappa shape index (κ3) is 3.98. The molecule has 15 heavy (non-hydrogen) atoms. The van der Waals surface area contributed by atoms with Gasteiger partial charge in [0.05, 0.1) is 15.5 Å². The second kappa shape index (κ2) is 7.24. The van der Waals surface area contributed by atoms with Crippen LogP contribution in [0, 0.1) is 0 Å². The minimum absolute atomic E-state index is 0.826. The van der Waals surface area contributed by atoms with E-state index < -0.39 is 15.5 Å². The fraction of sp³-hybridized carbons (Fsp3) is 1.00. The smallest absolute Gasteiger partial charge is 0.0731 e. The topological polar surface area (TPSA) is 0 Å². The molecule has 0 bridgehead atoms. The molecule has 0 aromatic rings. The van der Waals surface area contributed by atoms with Gasteiger partial charge >= 0.3 is 0 Å². The van der Waals surface area contributed by atoms with E-state index in [9.17, 15) is 0 Å². The van der Waals surface area contributed by atoms with Crippen LogP contribution in [0.1, 0.15) is 41.5 Å². The Morgan fingerprint density at radius 3 is 0.867 bits per heavy atom. The second-order valence-corrected chi connectivity index (χ2v) is 23.8. The van der Waals surface area contributed by atoms with Crippen LogP contribution in [0.15, 0.2) is 0 Å². The molecule has 0 rings (SSSR count). The van der Waals surface area contributed by atoms with Gasteiger partial charge in [-0.1, -0.05) is 77.8 Å². The summed E-state index contributed by atoms with van der Waals surface area (Å²) in [5.74, 6) is 0. The number of rotatable bonds is 8. The van der Waals surface area contributed by atoms with E-state index in [1.807, 2.05) is 0 Å². The molecule has 0 nitrogen and oxygen atoms in total. The molecule has 0 aromatic heterocycles. The molecule has 3 heteroatoms. The Morgan fingerprint density at radius 2 is 0.733 bits per heavy atom. The maximum atomic E-state index is 2.46. The zero-order chi connectivity index (χ0) is 11.9. The monoisotopic (exact) mass is 262 g/mol. The van der Waals surface area contributed by atoms with Crippen molar-refractivity contribution in [3.05, 3.63) is 0 Å². The summed E-state index contributed by atoms with van der Waals surface area (Å²) >= 11 is 0. The van der Waals surface area contributed by atoms with Gasteiger partial charge in [0.15, 0.2) is 0 Å². The van der Waals surface area contributed by atoms with Crippen molar-refractivity contribution in [3.8, 4) is 0 Å². The van der Waals surface area contributed by atoms with Crippen LogP contribution in [-0.2, 0) is 0 Å². The molecular weight excluding hydrogens is 231 g/mol. The summed E-state index contributed by atoms with van der Waals surface area (Å²) in [6.07, 6.45) is 0. The first kappa shape index (κ1) is 15.9. The van der Waals surface area contributed by atoms with E-state index in [4.69, 9.17) is 0 Å². The molecule has 0 radical (unpaired) electrons. The molecule has 0 atom stereocenters. The number of hydrogen-bond acceptors (Lipinski definition) is 0. The Morgan fingerprint density at radius 1 is 0.533 bits per heavy atom. The summed E-state index contributed by atoms with van der Waals surface area (Å²) in [5, 5.41) is 0. The van der Waals surface area contributed by atoms with Crippen LogP contribution >= 0.6 is 7.68 Å². The Labute approximate surface area is 101 Å². The fourth-order valence-corrected chi connectivity index (χ4v) is 34.0. The highest BCUT2D eigenvalue weighted by molar-refractivity contribution is 8.07. The van der Waals surface area contributed by atoms with Gasteiger partial charge in [0, 0.05) is 0 Å². The molecule has 0 saturated heterocycles. The molecule has 0 aromatic carbocycles. The summed E-state index contributed by atoms with van der Waals surface area (Å²) in [5.41, 5.74) is 0. The average molecular weight is 263 g/mol. The molecule has 0 N–H and O–H groups in total. The first-order valence-corrected chi connectivity index (χ1v) is 15.1. The summed E-state index contributed by atoms with van der Waals surface area (Å²) in [7, 11) is -0.220. The second-order valence-electron chi connectivity index (χ2n) is 4.81. The lowest BCUT2D eigenvalue weighted by Crippen LogP contribution is -2.37. The van der Waals surface area contributed by atoms with E-state index >= 15 is 0 Å². The van der Waals surface area contributed by atoms with Crippen molar-refractivity contribution in [2.24, 2.45) is 0 Å². The summed E-state index contributed by atoms with van der Waals surface area (Å²) < 4.78 is 0. The van der Waals surface area contributed by atoms with Gasteiger partial charge in [0.2, 0.25) is 0 Å². The highest BCUT2D eigenvalue weighted by Gasteiger charge is 2.37. The zero-order valence-electron chi connectivity index (χ0n) is 11.7. The molecule has 0 aliphatic rings. The lowest BCUT2D eigenvalue weighted by atomic mass is 10.9. The van der Waals surface area contributed by atoms with Crippen LogP contribution in [0.4, 0.5) is 0 Å². The molecule has 0 unspecified atom stereocenters. The summed E-state index contributed by atoms with van der Waals surface area (Å²) in [6.45, 7) is 14.8. The molecule has 0 aliphatic heterocycles. The van der Waals surface area contributed by atoms with Gasteiger partial charge in [-0.05, 0) is 0 Å². The maximum Gasteiger partial charge on any atom is 0.0731 e. The van der Waals surface area contributed by atoms with Gasteiger partial charge in [0.1, 0.15) is 0 Å². The quantitative estimate of drug-likeness (QED) is 0.390. The van der Waals surface area contributed by atoms with E-state index in [1.165, 1.54) is 43.9 Å². The molecule has 0 heterocycles. The van der Waals surface area contributed by atoms with E-state index in [2.05, 4.69) is 41.5 Å². The normalized spacial score (nSPS) is 13.2. The van der Waals surface area contributed by atoms with Crippen molar-refractivity contribution in [2.45, 2.75) is 77.8 Å². The predicted octanol–water partition coefficient (Wildman–Crippen LogP) is 5.68. The van der Waals surface area contributed by atoms with Gasteiger partial charge in [-0.3, -0.25) is 0 Å². The van der Waals surface area contributed by atoms with Crippen LogP contribution in [0.25, 0.3) is 0 Å². The van der Waals surface area contributed by atoms with Crippen molar-refractivity contribution in [2.75, 3.05) is 0 Å². The Hall–Kier alpha value is 0.864. The summed E-state index contributed by atoms with van der Waals surface area (Å²) in [6, 6.07) is 9.21. The highest BCUT2D eigenvalue weighted by Crippen LogP contribution is 2.49. The van der Waals surface area contributed by atoms with Gasteiger partial charge < -0.3 is 0 Å². The van der Waals surface area contributed by atoms with E-state index in [-0.39, 0.29) is 0 Å². The zero-order valence-corrected chi connectivity index (χ0v) is 14.7. The van der Waals surface area contributed by atoms with E-state index in [0.717, 1.165) is 0 Å². The molecule has 0 aliphatic carbocycles. The van der Waals surface area contributed by atoms with Crippen molar-refractivity contribution < 1.29 is 0 Å². The molecule has 92 valence electrons. The fourth-order valence-electron chi connectivity index (χ4n) is 2.59. The Kier molecular flexibility index (Phi) is 7.66.